The highest BCUT2D eigenvalue weighted by atomic mass is 16.7. The van der Waals surface area contributed by atoms with Crippen LogP contribution in [0.4, 0.5) is 0 Å². The molecule has 3 rings (SSSR count). The third kappa shape index (κ3) is 2.12. The normalized spacial score (nSPS) is 44.6. The zero-order valence-corrected chi connectivity index (χ0v) is 14.2. The van der Waals surface area contributed by atoms with Gasteiger partial charge in [-0.05, 0) is 45.1 Å². The molecule has 0 spiro atoms. The van der Waals surface area contributed by atoms with Gasteiger partial charge in [-0.2, -0.15) is 0 Å². The van der Waals surface area contributed by atoms with Crippen LogP contribution in [-0.4, -0.2) is 24.3 Å². The second kappa shape index (κ2) is 4.42. The molecule has 0 N–H and O–H groups in total. The summed E-state index contributed by atoms with van der Waals surface area (Å²) in [5.74, 6) is 0.00570. The summed E-state index contributed by atoms with van der Waals surface area (Å²) in [7, 11) is 0. The van der Waals surface area contributed by atoms with Crippen molar-refractivity contribution >= 4 is 5.78 Å². The molecule has 1 saturated heterocycles. The SMILES string of the molecule is CC1=CC(=O)[C@H]2C(C)(C)CC[C@@H]3OC(C)(C)OC[C@H]1[C@@]32C. The molecule has 0 aromatic heterocycles. The van der Waals surface area contributed by atoms with E-state index in [0.717, 1.165) is 18.4 Å². The van der Waals surface area contributed by atoms with Gasteiger partial charge in [-0.3, -0.25) is 4.79 Å². The summed E-state index contributed by atoms with van der Waals surface area (Å²) in [6.07, 6.45) is 3.98. The van der Waals surface area contributed by atoms with Crippen LogP contribution >= 0.6 is 0 Å². The van der Waals surface area contributed by atoms with E-state index in [2.05, 4.69) is 27.7 Å². The summed E-state index contributed by atoms with van der Waals surface area (Å²) in [6.45, 7) is 13.4. The fourth-order valence-corrected chi connectivity index (χ4v) is 5.16. The van der Waals surface area contributed by atoms with E-state index in [9.17, 15) is 4.79 Å². The lowest BCUT2D eigenvalue weighted by Crippen LogP contribution is -2.59. The third-order valence-corrected chi connectivity index (χ3v) is 6.13. The molecule has 118 valence electrons. The van der Waals surface area contributed by atoms with Gasteiger partial charge in [-0.25, -0.2) is 0 Å². The average Bonchev–Trinajstić information content (AvgIpc) is 2.41. The largest absolute Gasteiger partial charge is 0.350 e. The van der Waals surface area contributed by atoms with Crippen LogP contribution in [0.2, 0.25) is 0 Å². The van der Waals surface area contributed by atoms with Crippen LogP contribution in [0, 0.1) is 22.7 Å². The van der Waals surface area contributed by atoms with Gasteiger partial charge in [0, 0.05) is 17.3 Å². The van der Waals surface area contributed by atoms with Crippen molar-refractivity contribution in [3.05, 3.63) is 11.6 Å². The molecule has 0 aromatic rings. The number of carbonyl (C=O) groups is 1. The van der Waals surface area contributed by atoms with E-state index in [0.29, 0.717) is 6.61 Å². The van der Waals surface area contributed by atoms with E-state index in [1.807, 2.05) is 19.9 Å². The number of hydrogen-bond acceptors (Lipinski definition) is 3. The van der Waals surface area contributed by atoms with Gasteiger partial charge < -0.3 is 9.47 Å². The zero-order chi connectivity index (χ0) is 15.6. The van der Waals surface area contributed by atoms with Crippen molar-refractivity contribution in [3.63, 3.8) is 0 Å². The first-order chi connectivity index (χ1) is 9.58. The van der Waals surface area contributed by atoms with Crippen molar-refractivity contribution in [2.24, 2.45) is 22.7 Å². The second-order valence-electron chi connectivity index (χ2n) is 8.49. The van der Waals surface area contributed by atoms with Crippen LogP contribution in [0.3, 0.4) is 0 Å². The number of allylic oxidation sites excluding steroid dienone is 1. The quantitative estimate of drug-likeness (QED) is 0.682. The van der Waals surface area contributed by atoms with E-state index in [4.69, 9.17) is 9.47 Å². The number of hydrogen-bond donors (Lipinski definition) is 0. The number of ketones is 1. The molecule has 4 atom stereocenters. The Morgan fingerprint density at radius 1 is 1.19 bits per heavy atom. The first-order valence-electron chi connectivity index (χ1n) is 8.12. The average molecular weight is 292 g/mol. The molecule has 1 heterocycles. The topological polar surface area (TPSA) is 35.5 Å². The molecule has 2 fully saturated rings. The molecule has 3 aliphatic rings. The Hall–Kier alpha value is -0.670. The van der Waals surface area contributed by atoms with Gasteiger partial charge in [-0.1, -0.05) is 26.3 Å². The summed E-state index contributed by atoms with van der Waals surface area (Å²) in [4.78, 5) is 12.8. The van der Waals surface area contributed by atoms with Gasteiger partial charge in [-0.15, -0.1) is 0 Å². The standard InChI is InChI=1S/C18H28O3/c1-11-9-13(19)15-16(2,3)8-7-14-18(15,6)12(11)10-20-17(4,5)21-14/h9,12,14-15H,7-8,10H2,1-6H3/t12-,14+,15+,18+/m1/s1. The fourth-order valence-electron chi connectivity index (χ4n) is 5.16. The van der Waals surface area contributed by atoms with Crippen LogP contribution in [0.15, 0.2) is 11.6 Å². The molecule has 0 bridgehead atoms. The lowest BCUT2D eigenvalue weighted by Gasteiger charge is -2.57. The molecule has 2 aliphatic carbocycles. The summed E-state index contributed by atoms with van der Waals surface area (Å²) < 4.78 is 12.4. The van der Waals surface area contributed by atoms with Crippen LogP contribution < -0.4 is 0 Å². The monoisotopic (exact) mass is 292 g/mol. The molecular formula is C18H28O3. The Balaban J connectivity index is 2.15. The molecular weight excluding hydrogens is 264 g/mol. The molecule has 0 aromatic carbocycles. The number of ether oxygens (including phenoxy) is 2. The second-order valence-corrected chi connectivity index (χ2v) is 8.49. The lowest BCUT2D eigenvalue weighted by molar-refractivity contribution is -0.246. The Morgan fingerprint density at radius 3 is 2.52 bits per heavy atom. The fraction of sp³-hybridized carbons (Fsp3) is 0.833. The molecule has 0 amide bonds. The van der Waals surface area contributed by atoms with E-state index in [1.165, 1.54) is 0 Å². The summed E-state index contributed by atoms with van der Waals surface area (Å²) in [6, 6.07) is 0. The number of carbonyl (C=O) groups excluding carboxylic acids is 1. The van der Waals surface area contributed by atoms with Gasteiger partial charge in [0.1, 0.15) is 0 Å². The molecule has 3 heteroatoms. The minimum atomic E-state index is -0.569. The first kappa shape index (κ1) is 15.2. The highest BCUT2D eigenvalue weighted by molar-refractivity contribution is 5.95. The third-order valence-electron chi connectivity index (χ3n) is 6.13. The van der Waals surface area contributed by atoms with Gasteiger partial charge >= 0.3 is 0 Å². The zero-order valence-electron chi connectivity index (χ0n) is 14.2. The van der Waals surface area contributed by atoms with Crippen molar-refractivity contribution in [1.82, 2.24) is 0 Å². The minimum absolute atomic E-state index is 0.0231. The lowest BCUT2D eigenvalue weighted by atomic mass is 9.47. The van der Waals surface area contributed by atoms with Gasteiger partial charge in [0.25, 0.3) is 0 Å². The molecule has 1 aliphatic heterocycles. The van der Waals surface area contributed by atoms with Crippen LogP contribution in [0.25, 0.3) is 0 Å². The minimum Gasteiger partial charge on any atom is -0.350 e. The van der Waals surface area contributed by atoms with Crippen molar-refractivity contribution in [1.29, 1.82) is 0 Å². The Kier molecular flexibility index (Phi) is 3.21. The highest BCUT2D eigenvalue weighted by Gasteiger charge is 2.62. The van der Waals surface area contributed by atoms with Crippen LogP contribution in [0.5, 0.6) is 0 Å². The van der Waals surface area contributed by atoms with Gasteiger partial charge in [0.05, 0.1) is 12.7 Å². The molecule has 0 radical (unpaired) electrons. The maximum absolute atomic E-state index is 12.8. The van der Waals surface area contributed by atoms with Crippen molar-refractivity contribution < 1.29 is 14.3 Å². The predicted molar refractivity (Wildman–Crippen MR) is 81.8 cm³/mol. The van der Waals surface area contributed by atoms with Crippen molar-refractivity contribution in [3.8, 4) is 0 Å². The van der Waals surface area contributed by atoms with E-state index in [1.54, 1.807) is 0 Å². The Labute approximate surface area is 128 Å². The smallest absolute Gasteiger partial charge is 0.163 e. The van der Waals surface area contributed by atoms with E-state index < -0.39 is 5.79 Å². The molecule has 3 nitrogen and oxygen atoms in total. The maximum atomic E-state index is 12.8. The van der Waals surface area contributed by atoms with Crippen LogP contribution in [-0.2, 0) is 14.3 Å². The van der Waals surface area contributed by atoms with Gasteiger partial charge in [0.15, 0.2) is 11.6 Å². The molecule has 0 unspecified atom stereocenters. The molecule has 21 heavy (non-hydrogen) atoms. The summed E-state index contributed by atoms with van der Waals surface area (Å²) in [5, 5.41) is 0. The highest BCUT2D eigenvalue weighted by Crippen LogP contribution is 2.60. The first-order valence-corrected chi connectivity index (χ1v) is 8.12. The molecule has 1 saturated carbocycles. The Bertz CT molecular complexity index is 503. The Morgan fingerprint density at radius 2 is 1.86 bits per heavy atom. The predicted octanol–water partition coefficient (Wildman–Crippen LogP) is 3.73. The maximum Gasteiger partial charge on any atom is 0.163 e. The number of rotatable bonds is 0. The van der Waals surface area contributed by atoms with Crippen molar-refractivity contribution in [2.75, 3.05) is 6.61 Å². The van der Waals surface area contributed by atoms with E-state index in [-0.39, 0.29) is 34.6 Å². The van der Waals surface area contributed by atoms with Crippen LogP contribution in [0.1, 0.15) is 54.4 Å². The summed E-state index contributed by atoms with van der Waals surface area (Å²) in [5.41, 5.74) is 1.02. The van der Waals surface area contributed by atoms with Gasteiger partial charge in [0.2, 0.25) is 0 Å². The van der Waals surface area contributed by atoms with Crippen molar-refractivity contribution in [2.45, 2.75) is 66.3 Å². The van der Waals surface area contributed by atoms with E-state index >= 15 is 0 Å². The summed E-state index contributed by atoms with van der Waals surface area (Å²) >= 11 is 0.